The highest BCUT2D eigenvalue weighted by atomic mass is 16.5. The topological polar surface area (TPSA) is 101 Å². The standard InChI is InChI=1S/C17H22N4O4/c1-10-13(11(2)25-20-10)4-5-17(23)21-6-7-24-15(9-21)14-8-16(22)19-12(3)18-14/h8,15H,4-7,9H2,1-3H3,(H,18,19,22)/t15-/m1/s1. The number of aromatic nitrogens is 3. The first-order chi connectivity index (χ1) is 11.9. The van der Waals surface area contributed by atoms with E-state index in [2.05, 4.69) is 15.1 Å². The van der Waals surface area contributed by atoms with Crippen LogP contribution >= 0.6 is 0 Å². The molecule has 3 rings (SSSR count). The van der Waals surface area contributed by atoms with Crippen LogP contribution in [0.3, 0.4) is 0 Å². The molecule has 0 bridgehead atoms. The van der Waals surface area contributed by atoms with Gasteiger partial charge in [-0.05, 0) is 27.2 Å². The molecule has 1 fully saturated rings. The predicted octanol–water partition coefficient (Wildman–Crippen LogP) is 1.22. The first-order valence-corrected chi connectivity index (χ1v) is 8.33. The Morgan fingerprint density at radius 2 is 2.20 bits per heavy atom. The van der Waals surface area contributed by atoms with Gasteiger partial charge in [0.05, 0.1) is 24.5 Å². The Balaban J connectivity index is 1.64. The first kappa shape index (κ1) is 17.3. The van der Waals surface area contributed by atoms with Gasteiger partial charge in [0.25, 0.3) is 5.56 Å². The zero-order chi connectivity index (χ0) is 18.0. The molecule has 0 aliphatic carbocycles. The number of rotatable bonds is 4. The van der Waals surface area contributed by atoms with E-state index in [0.717, 1.165) is 17.0 Å². The SMILES string of the molecule is Cc1nc([C@H]2CN(C(=O)CCc3c(C)noc3C)CCO2)cc(=O)[nH]1. The van der Waals surface area contributed by atoms with Gasteiger partial charge >= 0.3 is 0 Å². The van der Waals surface area contributed by atoms with Gasteiger partial charge in [0.1, 0.15) is 17.7 Å². The summed E-state index contributed by atoms with van der Waals surface area (Å²) in [7, 11) is 0. The number of carbonyl (C=O) groups excluding carboxylic acids is 1. The fourth-order valence-corrected chi connectivity index (χ4v) is 3.07. The molecule has 0 saturated carbocycles. The molecule has 134 valence electrons. The van der Waals surface area contributed by atoms with Gasteiger partial charge in [-0.25, -0.2) is 4.98 Å². The molecular weight excluding hydrogens is 324 g/mol. The van der Waals surface area contributed by atoms with Crippen LogP contribution < -0.4 is 5.56 Å². The summed E-state index contributed by atoms with van der Waals surface area (Å²) in [5.41, 5.74) is 2.16. The van der Waals surface area contributed by atoms with Crippen molar-refractivity contribution in [1.29, 1.82) is 0 Å². The predicted molar refractivity (Wildman–Crippen MR) is 89.2 cm³/mol. The average molecular weight is 346 g/mol. The minimum absolute atomic E-state index is 0.0508. The molecule has 3 heterocycles. The van der Waals surface area contributed by atoms with Crippen molar-refractivity contribution in [2.75, 3.05) is 19.7 Å². The van der Waals surface area contributed by atoms with Crippen LogP contribution in [-0.2, 0) is 16.0 Å². The molecule has 2 aromatic rings. The van der Waals surface area contributed by atoms with Crippen LogP contribution in [0.2, 0.25) is 0 Å². The highest BCUT2D eigenvalue weighted by Crippen LogP contribution is 2.21. The van der Waals surface area contributed by atoms with Crippen LogP contribution in [0.5, 0.6) is 0 Å². The number of amides is 1. The molecule has 1 N–H and O–H groups in total. The maximum Gasteiger partial charge on any atom is 0.251 e. The molecule has 1 atom stereocenters. The van der Waals surface area contributed by atoms with Crippen molar-refractivity contribution < 1.29 is 14.1 Å². The third-order valence-electron chi connectivity index (χ3n) is 4.40. The van der Waals surface area contributed by atoms with Crippen LogP contribution in [-0.4, -0.2) is 45.6 Å². The smallest absolute Gasteiger partial charge is 0.251 e. The number of aromatic amines is 1. The van der Waals surface area contributed by atoms with Gasteiger partial charge in [0.15, 0.2) is 0 Å². The molecule has 1 aliphatic rings. The molecular formula is C17H22N4O4. The van der Waals surface area contributed by atoms with E-state index in [9.17, 15) is 9.59 Å². The van der Waals surface area contributed by atoms with Gasteiger partial charge in [0, 0.05) is 24.6 Å². The van der Waals surface area contributed by atoms with E-state index < -0.39 is 0 Å². The van der Waals surface area contributed by atoms with E-state index in [-0.39, 0.29) is 17.6 Å². The maximum absolute atomic E-state index is 12.6. The molecule has 0 spiro atoms. The number of nitrogens with one attached hydrogen (secondary N) is 1. The van der Waals surface area contributed by atoms with Gasteiger partial charge < -0.3 is 19.1 Å². The summed E-state index contributed by atoms with van der Waals surface area (Å²) in [6.07, 6.45) is 0.611. The molecule has 0 aromatic carbocycles. The Kier molecular flexibility index (Phi) is 4.98. The molecule has 0 radical (unpaired) electrons. The summed E-state index contributed by atoms with van der Waals surface area (Å²) in [6, 6.07) is 1.43. The Morgan fingerprint density at radius 1 is 1.40 bits per heavy atom. The Bertz CT molecular complexity index is 807. The normalized spacial score (nSPS) is 17.7. The third-order valence-corrected chi connectivity index (χ3v) is 4.40. The summed E-state index contributed by atoms with van der Waals surface area (Å²) in [5.74, 6) is 1.34. The van der Waals surface area contributed by atoms with Crippen molar-refractivity contribution in [2.45, 2.75) is 39.7 Å². The molecule has 8 heteroatoms. The number of hydrogen-bond acceptors (Lipinski definition) is 6. The summed E-state index contributed by atoms with van der Waals surface area (Å²) in [6.45, 7) is 6.82. The van der Waals surface area contributed by atoms with Crippen molar-refractivity contribution >= 4 is 5.91 Å². The summed E-state index contributed by atoms with van der Waals surface area (Å²) >= 11 is 0. The number of H-pyrrole nitrogens is 1. The van der Waals surface area contributed by atoms with Crippen LogP contribution in [0, 0.1) is 20.8 Å². The van der Waals surface area contributed by atoms with Crippen molar-refractivity contribution in [2.24, 2.45) is 0 Å². The van der Waals surface area contributed by atoms with Crippen LogP contribution in [0.4, 0.5) is 0 Å². The zero-order valence-electron chi connectivity index (χ0n) is 14.7. The molecule has 8 nitrogen and oxygen atoms in total. The molecule has 2 aromatic heterocycles. The molecule has 1 saturated heterocycles. The fourth-order valence-electron chi connectivity index (χ4n) is 3.07. The second-order valence-electron chi connectivity index (χ2n) is 6.26. The lowest BCUT2D eigenvalue weighted by molar-refractivity contribution is -0.139. The Labute approximate surface area is 145 Å². The van der Waals surface area contributed by atoms with E-state index in [1.54, 1.807) is 11.8 Å². The summed E-state index contributed by atoms with van der Waals surface area (Å²) in [4.78, 5) is 32.9. The molecule has 0 unspecified atom stereocenters. The number of hydrogen-bond donors (Lipinski definition) is 1. The van der Waals surface area contributed by atoms with Crippen molar-refractivity contribution in [3.8, 4) is 0 Å². The number of ether oxygens (including phenoxy) is 1. The average Bonchev–Trinajstić information content (AvgIpc) is 2.90. The lowest BCUT2D eigenvalue weighted by Gasteiger charge is -2.32. The molecule has 25 heavy (non-hydrogen) atoms. The van der Waals surface area contributed by atoms with Gasteiger partial charge in [-0.3, -0.25) is 9.59 Å². The van der Waals surface area contributed by atoms with Gasteiger partial charge in [-0.15, -0.1) is 0 Å². The zero-order valence-corrected chi connectivity index (χ0v) is 14.7. The quantitative estimate of drug-likeness (QED) is 0.893. The monoisotopic (exact) mass is 346 g/mol. The fraction of sp³-hybridized carbons (Fsp3) is 0.529. The van der Waals surface area contributed by atoms with Gasteiger partial charge in [-0.1, -0.05) is 5.16 Å². The number of morpholine rings is 1. The minimum Gasteiger partial charge on any atom is -0.368 e. The second kappa shape index (κ2) is 7.18. The highest BCUT2D eigenvalue weighted by molar-refractivity contribution is 5.76. The Hall–Kier alpha value is -2.48. The third kappa shape index (κ3) is 3.96. The van der Waals surface area contributed by atoms with E-state index in [1.807, 2.05) is 13.8 Å². The van der Waals surface area contributed by atoms with Gasteiger partial charge in [0.2, 0.25) is 5.91 Å². The number of aryl methyl sites for hydroxylation is 3. The Morgan fingerprint density at radius 3 is 2.88 bits per heavy atom. The van der Waals surface area contributed by atoms with Crippen LogP contribution in [0.1, 0.15) is 41.1 Å². The second-order valence-corrected chi connectivity index (χ2v) is 6.26. The first-order valence-electron chi connectivity index (χ1n) is 8.33. The van der Waals surface area contributed by atoms with Gasteiger partial charge in [-0.2, -0.15) is 0 Å². The summed E-state index contributed by atoms with van der Waals surface area (Å²) < 4.78 is 10.8. The van der Waals surface area contributed by atoms with Crippen LogP contribution in [0.15, 0.2) is 15.4 Å². The summed E-state index contributed by atoms with van der Waals surface area (Å²) in [5, 5.41) is 3.91. The van der Waals surface area contributed by atoms with Crippen molar-refractivity contribution in [1.82, 2.24) is 20.0 Å². The van der Waals surface area contributed by atoms with E-state index >= 15 is 0 Å². The van der Waals surface area contributed by atoms with Crippen LogP contribution in [0.25, 0.3) is 0 Å². The lowest BCUT2D eigenvalue weighted by atomic mass is 10.1. The largest absolute Gasteiger partial charge is 0.368 e. The van der Waals surface area contributed by atoms with E-state index in [0.29, 0.717) is 44.1 Å². The molecule has 1 amide bonds. The lowest BCUT2D eigenvalue weighted by Crippen LogP contribution is -2.42. The van der Waals surface area contributed by atoms with Crippen molar-refractivity contribution in [3.05, 3.63) is 45.0 Å². The number of nitrogens with zero attached hydrogens (tertiary/aromatic N) is 3. The molecule has 1 aliphatic heterocycles. The van der Waals surface area contributed by atoms with Crippen molar-refractivity contribution in [3.63, 3.8) is 0 Å². The highest BCUT2D eigenvalue weighted by Gasteiger charge is 2.27. The number of carbonyl (C=O) groups is 1. The van der Waals surface area contributed by atoms with E-state index in [1.165, 1.54) is 6.07 Å². The maximum atomic E-state index is 12.6. The minimum atomic E-state index is -0.377. The van der Waals surface area contributed by atoms with E-state index in [4.69, 9.17) is 9.26 Å².